The van der Waals surface area contributed by atoms with Gasteiger partial charge in [0.05, 0.1) is 4.90 Å². The van der Waals surface area contributed by atoms with Crippen molar-refractivity contribution in [2.45, 2.75) is 30.7 Å². The SMILES string of the molecule is CNS(=O)(=O)c1ccc(C)c(NC2CCCSC2)c1. The van der Waals surface area contributed by atoms with E-state index < -0.39 is 10.0 Å². The maximum absolute atomic E-state index is 11.8. The van der Waals surface area contributed by atoms with Crippen LogP contribution in [0.4, 0.5) is 5.69 Å². The first-order chi connectivity index (χ1) is 9.03. The van der Waals surface area contributed by atoms with Crippen LogP contribution in [-0.2, 0) is 10.0 Å². The van der Waals surface area contributed by atoms with Gasteiger partial charge in [-0.3, -0.25) is 0 Å². The van der Waals surface area contributed by atoms with Gasteiger partial charge in [-0.15, -0.1) is 0 Å². The summed E-state index contributed by atoms with van der Waals surface area (Å²) in [4.78, 5) is 0.312. The second kappa shape index (κ2) is 6.15. The Bertz CT molecular complexity index is 538. The zero-order valence-electron chi connectivity index (χ0n) is 11.3. The van der Waals surface area contributed by atoms with Gasteiger partial charge in [-0.1, -0.05) is 6.07 Å². The molecule has 1 heterocycles. The molecule has 2 rings (SSSR count). The average Bonchev–Trinajstić information content (AvgIpc) is 2.42. The lowest BCUT2D eigenvalue weighted by Gasteiger charge is -2.24. The molecule has 1 unspecified atom stereocenters. The van der Waals surface area contributed by atoms with E-state index >= 15 is 0 Å². The highest BCUT2D eigenvalue weighted by atomic mass is 32.2. The van der Waals surface area contributed by atoms with Crippen LogP contribution in [0, 0.1) is 6.92 Å². The van der Waals surface area contributed by atoms with Crippen LogP contribution in [0.2, 0.25) is 0 Å². The summed E-state index contributed by atoms with van der Waals surface area (Å²) in [7, 11) is -1.94. The van der Waals surface area contributed by atoms with Crippen molar-refractivity contribution in [2.75, 3.05) is 23.9 Å². The predicted molar refractivity (Wildman–Crippen MR) is 81.4 cm³/mol. The normalized spacial score (nSPS) is 20.2. The second-order valence-electron chi connectivity index (χ2n) is 4.74. The van der Waals surface area contributed by atoms with Gasteiger partial charge in [0.2, 0.25) is 10.0 Å². The van der Waals surface area contributed by atoms with Gasteiger partial charge in [-0.25, -0.2) is 13.1 Å². The Hall–Kier alpha value is -0.720. The molecular formula is C13H20N2O2S2. The zero-order chi connectivity index (χ0) is 13.9. The number of hydrogen-bond donors (Lipinski definition) is 2. The summed E-state index contributed by atoms with van der Waals surface area (Å²) in [6.45, 7) is 1.99. The highest BCUT2D eigenvalue weighted by Crippen LogP contribution is 2.25. The third-order valence-corrected chi connectivity index (χ3v) is 5.94. The smallest absolute Gasteiger partial charge is 0.240 e. The monoisotopic (exact) mass is 300 g/mol. The molecule has 1 aromatic rings. The minimum atomic E-state index is -3.37. The number of rotatable bonds is 4. The lowest BCUT2D eigenvalue weighted by molar-refractivity contribution is 0.588. The van der Waals surface area contributed by atoms with Gasteiger partial charge in [0.15, 0.2) is 0 Å². The predicted octanol–water partition coefficient (Wildman–Crippen LogP) is 2.21. The van der Waals surface area contributed by atoms with Crippen LogP contribution in [0.3, 0.4) is 0 Å². The molecule has 1 aliphatic heterocycles. The first-order valence-electron chi connectivity index (χ1n) is 6.41. The highest BCUT2D eigenvalue weighted by molar-refractivity contribution is 7.99. The fourth-order valence-corrected chi connectivity index (χ4v) is 3.94. The summed E-state index contributed by atoms with van der Waals surface area (Å²) in [6, 6.07) is 5.65. The lowest BCUT2D eigenvalue weighted by atomic mass is 10.1. The molecule has 0 amide bonds. The summed E-state index contributed by atoms with van der Waals surface area (Å²) < 4.78 is 26.0. The van der Waals surface area contributed by atoms with E-state index in [-0.39, 0.29) is 0 Å². The molecule has 1 atom stereocenters. The van der Waals surface area contributed by atoms with E-state index in [4.69, 9.17) is 0 Å². The largest absolute Gasteiger partial charge is 0.381 e. The maximum atomic E-state index is 11.8. The van der Waals surface area contributed by atoms with Crippen molar-refractivity contribution in [3.8, 4) is 0 Å². The van der Waals surface area contributed by atoms with Gasteiger partial charge in [0, 0.05) is 17.5 Å². The number of anilines is 1. The first-order valence-corrected chi connectivity index (χ1v) is 9.05. The van der Waals surface area contributed by atoms with Gasteiger partial charge >= 0.3 is 0 Å². The fourth-order valence-electron chi connectivity index (χ4n) is 2.12. The summed E-state index contributed by atoms with van der Waals surface area (Å²) in [5.74, 6) is 2.31. The Labute approximate surface area is 119 Å². The molecule has 0 bridgehead atoms. The molecule has 6 heteroatoms. The summed E-state index contributed by atoms with van der Waals surface area (Å²) >= 11 is 1.95. The molecule has 2 N–H and O–H groups in total. The Balaban J connectivity index is 2.22. The molecule has 1 fully saturated rings. The molecule has 0 aromatic heterocycles. The quantitative estimate of drug-likeness (QED) is 0.895. The van der Waals surface area contributed by atoms with E-state index in [1.165, 1.54) is 19.2 Å². The minimum Gasteiger partial charge on any atom is -0.381 e. The molecule has 0 spiro atoms. The van der Waals surface area contributed by atoms with E-state index in [2.05, 4.69) is 10.0 Å². The lowest BCUT2D eigenvalue weighted by Crippen LogP contribution is -2.26. The van der Waals surface area contributed by atoms with Crippen molar-refractivity contribution in [2.24, 2.45) is 0 Å². The fraction of sp³-hybridized carbons (Fsp3) is 0.538. The number of nitrogens with one attached hydrogen (secondary N) is 2. The molecule has 1 aliphatic rings. The van der Waals surface area contributed by atoms with Crippen LogP contribution in [0.1, 0.15) is 18.4 Å². The molecule has 19 heavy (non-hydrogen) atoms. The van der Waals surface area contributed by atoms with E-state index in [0.29, 0.717) is 10.9 Å². The highest BCUT2D eigenvalue weighted by Gasteiger charge is 2.17. The molecule has 0 aliphatic carbocycles. The maximum Gasteiger partial charge on any atom is 0.240 e. The number of benzene rings is 1. The van der Waals surface area contributed by atoms with E-state index in [1.807, 2.05) is 24.8 Å². The van der Waals surface area contributed by atoms with Crippen LogP contribution in [0.25, 0.3) is 0 Å². The van der Waals surface area contributed by atoms with Crippen LogP contribution in [0.15, 0.2) is 23.1 Å². The molecule has 106 valence electrons. The van der Waals surface area contributed by atoms with Crippen LogP contribution in [-0.4, -0.2) is 33.0 Å². The topological polar surface area (TPSA) is 58.2 Å². The van der Waals surface area contributed by atoms with Crippen molar-refractivity contribution < 1.29 is 8.42 Å². The minimum absolute atomic E-state index is 0.312. The summed E-state index contributed by atoms with van der Waals surface area (Å²) in [6.07, 6.45) is 2.37. The standard InChI is InChI=1S/C13H20N2O2S2/c1-10-5-6-12(19(16,17)14-2)8-13(10)15-11-4-3-7-18-9-11/h5-6,8,11,14-15H,3-4,7,9H2,1-2H3. The van der Waals surface area contributed by atoms with Crippen molar-refractivity contribution in [1.82, 2.24) is 4.72 Å². The van der Waals surface area contributed by atoms with Gasteiger partial charge in [0.1, 0.15) is 0 Å². The summed E-state index contributed by atoms with van der Waals surface area (Å²) in [5, 5.41) is 3.47. The van der Waals surface area contributed by atoms with Crippen LogP contribution >= 0.6 is 11.8 Å². The third-order valence-electron chi connectivity index (χ3n) is 3.31. The van der Waals surface area contributed by atoms with E-state index in [1.54, 1.807) is 12.1 Å². The molecule has 4 nitrogen and oxygen atoms in total. The molecule has 0 saturated carbocycles. The Morgan fingerprint density at radius 3 is 2.79 bits per heavy atom. The van der Waals surface area contributed by atoms with E-state index in [9.17, 15) is 8.42 Å². The van der Waals surface area contributed by atoms with Gasteiger partial charge in [-0.2, -0.15) is 11.8 Å². The Morgan fingerprint density at radius 2 is 2.16 bits per heavy atom. The first kappa shape index (κ1) is 14.7. The summed E-state index contributed by atoms with van der Waals surface area (Å²) in [5.41, 5.74) is 1.99. The van der Waals surface area contributed by atoms with Crippen molar-refractivity contribution in [1.29, 1.82) is 0 Å². The number of hydrogen-bond acceptors (Lipinski definition) is 4. The van der Waals surface area contributed by atoms with Crippen molar-refractivity contribution in [3.05, 3.63) is 23.8 Å². The van der Waals surface area contributed by atoms with Crippen molar-refractivity contribution >= 4 is 27.5 Å². The van der Waals surface area contributed by atoms with Gasteiger partial charge < -0.3 is 5.32 Å². The molecule has 1 aromatic carbocycles. The Morgan fingerprint density at radius 1 is 1.37 bits per heavy atom. The third kappa shape index (κ3) is 3.64. The number of thioether (sulfide) groups is 1. The number of aryl methyl sites for hydroxylation is 1. The van der Waals surface area contributed by atoms with Gasteiger partial charge in [-0.05, 0) is 50.3 Å². The average molecular weight is 300 g/mol. The van der Waals surface area contributed by atoms with Crippen LogP contribution < -0.4 is 10.0 Å². The van der Waals surface area contributed by atoms with Crippen LogP contribution in [0.5, 0.6) is 0 Å². The molecule has 1 saturated heterocycles. The van der Waals surface area contributed by atoms with Crippen molar-refractivity contribution in [3.63, 3.8) is 0 Å². The molecular weight excluding hydrogens is 280 g/mol. The van der Waals surface area contributed by atoms with E-state index in [0.717, 1.165) is 23.4 Å². The number of sulfonamides is 1. The molecule has 0 radical (unpaired) electrons. The Kier molecular flexibility index (Phi) is 4.76. The zero-order valence-corrected chi connectivity index (χ0v) is 12.9. The second-order valence-corrected chi connectivity index (χ2v) is 7.78. The van der Waals surface area contributed by atoms with Gasteiger partial charge in [0.25, 0.3) is 0 Å².